The highest BCUT2D eigenvalue weighted by molar-refractivity contribution is 5.80. The molecule has 1 fully saturated rings. The Balaban J connectivity index is 2.09. The first-order valence-electron chi connectivity index (χ1n) is 7.43. The second-order valence-electron chi connectivity index (χ2n) is 6.82. The molecule has 1 amide bonds. The fourth-order valence-electron chi connectivity index (χ4n) is 3.16. The van der Waals surface area contributed by atoms with Crippen molar-refractivity contribution in [3.05, 3.63) is 11.1 Å². The van der Waals surface area contributed by atoms with E-state index in [1.54, 1.807) is 5.57 Å². The van der Waals surface area contributed by atoms with Crippen LogP contribution in [0.25, 0.3) is 0 Å². The summed E-state index contributed by atoms with van der Waals surface area (Å²) in [6, 6.07) is 0. The molecule has 102 valence electrons. The van der Waals surface area contributed by atoms with Crippen LogP contribution in [-0.4, -0.2) is 23.9 Å². The van der Waals surface area contributed by atoms with Crippen molar-refractivity contribution < 1.29 is 4.79 Å². The van der Waals surface area contributed by atoms with Crippen molar-refractivity contribution >= 4 is 5.91 Å². The molecule has 1 heterocycles. The molecule has 2 rings (SSSR count). The van der Waals surface area contributed by atoms with Gasteiger partial charge >= 0.3 is 0 Å². The average Bonchev–Trinajstić information content (AvgIpc) is 2.24. The van der Waals surface area contributed by atoms with E-state index in [1.807, 2.05) is 0 Å². The molecule has 2 aliphatic rings. The number of amides is 1. The highest BCUT2D eigenvalue weighted by Gasteiger charge is 2.33. The quantitative estimate of drug-likeness (QED) is 0.682. The van der Waals surface area contributed by atoms with Gasteiger partial charge in [0.05, 0.1) is 0 Å². The molecule has 1 saturated carbocycles. The molecule has 0 unspecified atom stereocenters. The Morgan fingerprint density at radius 2 is 2.00 bits per heavy atom. The molecule has 0 saturated heterocycles. The maximum atomic E-state index is 12.3. The number of carbonyl (C=O) groups excluding carboxylic acids is 1. The zero-order valence-electron chi connectivity index (χ0n) is 12.4. The molecule has 0 aromatic carbocycles. The van der Waals surface area contributed by atoms with Crippen LogP contribution >= 0.6 is 0 Å². The number of hydrogen-bond acceptors (Lipinski definition) is 1. The molecule has 0 aromatic rings. The summed E-state index contributed by atoms with van der Waals surface area (Å²) in [5.41, 5.74) is 3.35. The van der Waals surface area contributed by atoms with E-state index in [4.69, 9.17) is 0 Å². The molecule has 1 aliphatic carbocycles. The van der Waals surface area contributed by atoms with Crippen molar-refractivity contribution in [3.63, 3.8) is 0 Å². The minimum Gasteiger partial charge on any atom is -0.338 e. The third-order valence-corrected chi connectivity index (χ3v) is 4.54. The molecule has 0 atom stereocenters. The van der Waals surface area contributed by atoms with Crippen LogP contribution in [0.15, 0.2) is 11.1 Å². The monoisotopic (exact) mass is 249 g/mol. The molecule has 0 aromatic heterocycles. The van der Waals surface area contributed by atoms with Crippen molar-refractivity contribution in [1.29, 1.82) is 0 Å². The zero-order valence-corrected chi connectivity index (χ0v) is 12.4. The Kier molecular flexibility index (Phi) is 3.84. The lowest BCUT2D eigenvalue weighted by Gasteiger charge is -2.39. The molecule has 2 heteroatoms. The Hall–Kier alpha value is -0.790. The van der Waals surface area contributed by atoms with E-state index in [-0.39, 0.29) is 5.41 Å². The Labute approximate surface area is 111 Å². The minimum atomic E-state index is 0.261. The van der Waals surface area contributed by atoms with Crippen LogP contribution in [0.1, 0.15) is 59.8 Å². The number of rotatable bonds is 2. The summed E-state index contributed by atoms with van der Waals surface area (Å²) in [6.45, 7) is 10.9. The summed E-state index contributed by atoms with van der Waals surface area (Å²) < 4.78 is 0. The Morgan fingerprint density at radius 1 is 1.33 bits per heavy atom. The van der Waals surface area contributed by atoms with Crippen molar-refractivity contribution in [2.24, 2.45) is 11.3 Å². The maximum absolute atomic E-state index is 12.3. The van der Waals surface area contributed by atoms with Gasteiger partial charge in [-0.05, 0) is 31.1 Å². The smallest absolute Gasteiger partial charge is 0.225 e. The van der Waals surface area contributed by atoms with E-state index in [2.05, 4.69) is 32.6 Å². The largest absolute Gasteiger partial charge is 0.338 e. The van der Waals surface area contributed by atoms with E-state index in [0.29, 0.717) is 11.8 Å². The third kappa shape index (κ3) is 2.62. The molecule has 0 N–H and O–H groups in total. The first kappa shape index (κ1) is 13.6. The maximum Gasteiger partial charge on any atom is 0.225 e. The summed E-state index contributed by atoms with van der Waals surface area (Å²) >= 11 is 0. The van der Waals surface area contributed by atoms with Crippen molar-refractivity contribution in [1.82, 2.24) is 4.90 Å². The first-order chi connectivity index (χ1) is 8.43. The number of nitrogens with zero attached hydrogens (tertiary/aromatic N) is 1. The first-order valence-corrected chi connectivity index (χ1v) is 7.43. The molecule has 0 radical (unpaired) electrons. The topological polar surface area (TPSA) is 20.3 Å². The van der Waals surface area contributed by atoms with Gasteiger partial charge in [-0.1, -0.05) is 45.3 Å². The predicted octanol–water partition coefficient (Wildman–Crippen LogP) is 3.77. The van der Waals surface area contributed by atoms with Gasteiger partial charge in [-0.25, -0.2) is 0 Å². The van der Waals surface area contributed by atoms with Crippen LogP contribution in [0, 0.1) is 11.3 Å². The summed E-state index contributed by atoms with van der Waals surface area (Å²) in [6.07, 6.45) is 5.64. The van der Waals surface area contributed by atoms with Gasteiger partial charge in [-0.3, -0.25) is 4.79 Å². The van der Waals surface area contributed by atoms with Gasteiger partial charge in [0.25, 0.3) is 0 Å². The van der Waals surface area contributed by atoms with Crippen LogP contribution in [0.5, 0.6) is 0 Å². The molecular formula is C16H27NO. The van der Waals surface area contributed by atoms with Crippen LogP contribution in [0.2, 0.25) is 0 Å². The summed E-state index contributed by atoms with van der Waals surface area (Å²) in [5, 5.41) is 0. The van der Waals surface area contributed by atoms with Gasteiger partial charge < -0.3 is 4.90 Å². The van der Waals surface area contributed by atoms with Gasteiger partial charge in [-0.15, -0.1) is 0 Å². The summed E-state index contributed by atoms with van der Waals surface area (Å²) in [7, 11) is 0. The summed E-state index contributed by atoms with van der Waals surface area (Å²) in [4.78, 5) is 14.4. The van der Waals surface area contributed by atoms with E-state index >= 15 is 0 Å². The lowest BCUT2D eigenvalue weighted by atomic mass is 9.78. The fraction of sp³-hybridized carbons (Fsp3) is 0.812. The second kappa shape index (κ2) is 5.07. The van der Waals surface area contributed by atoms with Crippen LogP contribution in [-0.2, 0) is 4.79 Å². The van der Waals surface area contributed by atoms with Crippen LogP contribution < -0.4 is 0 Å². The minimum absolute atomic E-state index is 0.261. The van der Waals surface area contributed by atoms with Crippen LogP contribution in [0.4, 0.5) is 0 Å². The predicted molar refractivity (Wildman–Crippen MR) is 75.3 cm³/mol. The number of carbonyl (C=O) groups is 1. The average molecular weight is 249 g/mol. The molecule has 1 aliphatic heterocycles. The van der Waals surface area contributed by atoms with E-state index in [9.17, 15) is 4.79 Å². The molecular weight excluding hydrogens is 222 g/mol. The van der Waals surface area contributed by atoms with E-state index < -0.39 is 0 Å². The van der Waals surface area contributed by atoms with Crippen molar-refractivity contribution in [2.45, 2.75) is 59.8 Å². The standard InChI is InChI=1S/C16H27NO/c1-5-12-11-17(15(18)13-7-6-8-13)10-9-14(12)16(2,3)4/h13H,5-11H2,1-4H3. The van der Waals surface area contributed by atoms with Crippen LogP contribution in [0.3, 0.4) is 0 Å². The highest BCUT2D eigenvalue weighted by atomic mass is 16.2. The molecule has 0 bridgehead atoms. The second-order valence-corrected chi connectivity index (χ2v) is 6.82. The molecule has 18 heavy (non-hydrogen) atoms. The SMILES string of the molecule is CCC1=C(C(C)(C)C)CCN(C(=O)C2CCC2)C1. The van der Waals surface area contributed by atoms with E-state index in [1.165, 1.54) is 12.0 Å². The molecule has 0 spiro atoms. The Morgan fingerprint density at radius 3 is 2.44 bits per heavy atom. The van der Waals surface area contributed by atoms with Gasteiger partial charge in [0.1, 0.15) is 0 Å². The van der Waals surface area contributed by atoms with Crippen molar-refractivity contribution in [3.8, 4) is 0 Å². The van der Waals surface area contributed by atoms with Gasteiger partial charge in [0, 0.05) is 19.0 Å². The lowest BCUT2D eigenvalue weighted by Crippen LogP contribution is -2.43. The fourth-order valence-corrected chi connectivity index (χ4v) is 3.16. The third-order valence-electron chi connectivity index (χ3n) is 4.54. The van der Waals surface area contributed by atoms with Gasteiger partial charge in [0.2, 0.25) is 5.91 Å². The summed E-state index contributed by atoms with van der Waals surface area (Å²) in [5.74, 6) is 0.763. The normalized spacial score (nSPS) is 22.1. The Bertz CT molecular complexity index is 358. The van der Waals surface area contributed by atoms with E-state index in [0.717, 1.165) is 38.8 Å². The van der Waals surface area contributed by atoms with Gasteiger partial charge in [-0.2, -0.15) is 0 Å². The number of hydrogen-bond donors (Lipinski definition) is 0. The van der Waals surface area contributed by atoms with Crippen molar-refractivity contribution in [2.75, 3.05) is 13.1 Å². The molecule has 2 nitrogen and oxygen atoms in total. The highest BCUT2D eigenvalue weighted by Crippen LogP contribution is 2.36. The van der Waals surface area contributed by atoms with Gasteiger partial charge in [0.15, 0.2) is 0 Å². The zero-order chi connectivity index (χ0) is 13.3. The lowest BCUT2D eigenvalue weighted by molar-refractivity contribution is -0.138.